The van der Waals surface area contributed by atoms with Crippen LogP contribution in [0.15, 0.2) is 48.5 Å². The predicted molar refractivity (Wildman–Crippen MR) is 82.1 cm³/mol. The molecular weight excluding hydrogens is 248 g/mol. The number of aryl methyl sites for hydroxylation is 1. The van der Waals surface area contributed by atoms with Crippen LogP contribution in [-0.2, 0) is 12.8 Å². The van der Waals surface area contributed by atoms with Gasteiger partial charge in [0.05, 0.1) is 13.2 Å². The fourth-order valence-corrected chi connectivity index (χ4v) is 2.44. The van der Waals surface area contributed by atoms with E-state index in [4.69, 9.17) is 4.74 Å². The molecule has 1 N–H and O–H groups in total. The van der Waals surface area contributed by atoms with E-state index in [0.29, 0.717) is 6.42 Å². The third-order valence-corrected chi connectivity index (χ3v) is 3.48. The van der Waals surface area contributed by atoms with Crippen LogP contribution in [0.3, 0.4) is 0 Å². The van der Waals surface area contributed by atoms with Crippen LogP contribution < -0.4 is 4.74 Å². The monoisotopic (exact) mass is 270 g/mol. The normalized spacial score (nSPS) is 12.2. The van der Waals surface area contributed by atoms with E-state index in [9.17, 15) is 5.11 Å². The molecule has 1 unspecified atom stereocenters. The number of methoxy groups -OCH3 is 1. The molecule has 0 aliphatic heterocycles. The number of ether oxygens (including phenoxy) is 1. The number of hydrogen-bond donors (Lipinski definition) is 1. The van der Waals surface area contributed by atoms with Gasteiger partial charge in [-0.25, -0.2) is 0 Å². The van der Waals surface area contributed by atoms with Crippen molar-refractivity contribution in [3.63, 3.8) is 0 Å². The van der Waals surface area contributed by atoms with Gasteiger partial charge in [0.1, 0.15) is 5.75 Å². The Morgan fingerprint density at radius 1 is 1.10 bits per heavy atom. The van der Waals surface area contributed by atoms with Crippen LogP contribution in [-0.4, -0.2) is 12.2 Å². The Hall–Kier alpha value is -1.80. The lowest BCUT2D eigenvalue weighted by Gasteiger charge is -2.14. The van der Waals surface area contributed by atoms with Crippen molar-refractivity contribution in [2.45, 2.75) is 32.3 Å². The molecule has 0 aliphatic carbocycles. The van der Waals surface area contributed by atoms with Crippen LogP contribution in [0.4, 0.5) is 0 Å². The standard InChI is InChI=1S/C18H22O2/c1-3-7-14-8-6-10-15(12-14)17(19)13-16-9-4-5-11-18(16)20-2/h4-6,8-12,17,19H,3,7,13H2,1-2H3. The van der Waals surface area contributed by atoms with E-state index in [0.717, 1.165) is 29.7 Å². The molecule has 0 heterocycles. The average molecular weight is 270 g/mol. The molecule has 0 amide bonds. The first-order valence-electron chi connectivity index (χ1n) is 7.13. The first kappa shape index (κ1) is 14.6. The maximum atomic E-state index is 10.4. The second kappa shape index (κ2) is 7.11. The number of para-hydroxylation sites is 1. The summed E-state index contributed by atoms with van der Waals surface area (Å²) in [4.78, 5) is 0. The minimum atomic E-state index is -0.497. The van der Waals surface area contributed by atoms with E-state index in [1.54, 1.807) is 7.11 Å². The van der Waals surface area contributed by atoms with Gasteiger partial charge in [-0.3, -0.25) is 0 Å². The van der Waals surface area contributed by atoms with Gasteiger partial charge < -0.3 is 9.84 Å². The largest absolute Gasteiger partial charge is 0.496 e. The van der Waals surface area contributed by atoms with Crippen molar-refractivity contribution < 1.29 is 9.84 Å². The van der Waals surface area contributed by atoms with Crippen molar-refractivity contribution in [2.75, 3.05) is 7.11 Å². The lowest BCUT2D eigenvalue weighted by molar-refractivity contribution is 0.177. The van der Waals surface area contributed by atoms with E-state index in [-0.39, 0.29) is 0 Å². The zero-order valence-corrected chi connectivity index (χ0v) is 12.2. The average Bonchev–Trinajstić information content (AvgIpc) is 2.48. The quantitative estimate of drug-likeness (QED) is 0.862. The molecule has 20 heavy (non-hydrogen) atoms. The van der Waals surface area contributed by atoms with Crippen LogP contribution in [0.1, 0.15) is 36.1 Å². The van der Waals surface area contributed by atoms with Gasteiger partial charge in [0, 0.05) is 6.42 Å². The molecule has 2 nitrogen and oxygen atoms in total. The molecule has 106 valence electrons. The lowest BCUT2D eigenvalue weighted by Crippen LogP contribution is -2.04. The van der Waals surface area contributed by atoms with Gasteiger partial charge in [0.2, 0.25) is 0 Å². The SMILES string of the molecule is CCCc1cccc(C(O)Cc2ccccc2OC)c1. The molecule has 0 aromatic heterocycles. The number of hydrogen-bond acceptors (Lipinski definition) is 2. The minimum absolute atomic E-state index is 0.497. The molecule has 0 bridgehead atoms. The fourth-order valence-electron chi connectivity index (χ4n) is 2.44. The summed E-state index contributed by atoms with van der Waals surface area (Å²) in [5, 5.41) is 10.4. The van der Waals surface area contributed by atoms with Crippen molar-refractivity contribution in [3.8, 4) is 5.75 Å². The van der Waals surface area contributed by atoms with Crippen molar-refractivity contribution in [3.05, 3.63) is 65.2 Å². The highest BCUT2D eigenvalue weighted by Gasteiger charge is 2.12. The number of aliphatic hydroxyl groups is 1. The smallest absolute Gasteiger partial charge is 0.122 e. The summed E-state index contributed by atoms with van der Waals surface area (Å²) >= 11 is 0. The summed E-state index contributed by atoms with van der Waals surface area (Å²) in [6.07, 6.45) is 2.24. The Balaban J connectivity index is 2.15. The Bertz CT molecular complexity index is 549. The van der Waals surface area contributed by atoms with Gasteiger partial charge in [0.25, 0.3) is 0 Å². The number of benzene rings is 2. The molecule has 2 aromatic carbocycles. The van der Waals surface area contributed by atoms with E-state index in [1.807, 2.05) is 36.4 Å². The van der Waals surface area contributed by atoms with Gasteiger partial charge in [-0.1, -0.05) is 55.8 Å². The molecule has 0 fully saturated rings. The minimum Gasteiger partial charge on any atom is -0.496 e. The van der Waals surface area contributed by atoms with E-state index < -0.39 is 6.10 Å². The maximum Gasteiger partial charge on any atom is 0.122 e. The van der Waals surface area contributed by atoms with Gasteiger partial charge in [0.15, 0.2) is 0 Å². The molecule has 2 heteroatoms. The highest BCUT2D eigenvalue weighted by molar-refractivity contribution is 5.35. The highest BCUT2D eigenvalue weighted by atomic mass is 16.5. The molecule has 0 saturated heterocycles. The topological polar surface area (TPSA) is 29.5 Å². The van der Waals surface area contributed by atoms with E-state index in [2.05, 4.69) is 19.1 Å². The summed E-state index contributed by atoms with van der Waals surface area (Å²) < 4.78 is 5.33. The third kappa shape index (κ3) is 3.61. The summed E-state index contributed by atoms with van der Waals surface area (Å²) in [6, 6.07) is 16.1. The highest BCUT2D eigenvalue weighted by Crippen LogP contribution is 2.25. The maximum absolute atomic E-state index is 10.4. The molecule has 0 aliphatic rings. The van der Waals surface area contributed by atoms with Crippen molar-refractivity contribution in [2.24, 2.45) is 0 Å². The molecular formula is C18H22O2. The predicted octanol–water partition coefficient (Wildman–Crippen LogP) is 3.92. The third-order valence-electron chi connectivity index (χ3n) is 3.48. The Labute approximate surface area is 121 Å². The summed E-state index contributed by atoms with van der Waals surface area (Å²) in [5.41, 5.74) is 3.29. The molecule has 0 radical (unpaired) electrons. The van der Waals surface area contributed by atoms with Crippen molar-refractivity contribution in [1.82, 2.24) is 0 Å². The number of aliphatic hydroxyl groups excluding tert-OH is 1. The van der Waals surface area contributed by atoms with E-state index in [1.165, 1.54) is 5.56 Å². The van der Waals surface area contributed by atoms with Crippen molar-refractivity contribution >= 4 is 0 Å². The molecule has 2 rings (SSSR count). The first-order valence-corrected chi connectivity index (χ1v) is 7.13. The molecule has 2 aromatic rings. The Morgan fingerprint density at radius 3 is 2.65 bits per heavy atom. The summed E-state index contributed by atoms with van der Waals surface area (Å²) in [7, 11) is 1.66. The van der Waals surface area contributed by atoms with Crippen LogP contribution >= 0.6 is 0 Å². The summed E-state index contributed by atoms with van der Waals surface area (Å²) in [6.45, 7) is 2.16. The van der Waals surface area contributed by atoms with E-state index >= 15 is 0 Å². The zero-order valence-electron chi connectivity index (χ0n) is 12.2. The summed E-state index contributed by atoms with van der Waals surface area (Å²) in [5.74, 6) is 0.830. The Morgan fingerprint density at radius 2 is 1.90 bits per heavy atom. The second-order valence-electron chi connectivity index (χ2n) is 5.03. The molecule has 0 spiro atoms. The first-order chi connectivity index (χ1) is 9.74. The van der Waals surface area contributed by atoms with Gasteiger partial charge in [-0.15, -0.1) is 0 Å². The van der Waals surface area contributed by atoms with Crippen molar-refractivity contribution in [1.29, 1.82) is 0 Å². The molecule has 1 atom stereocenters. The van der Waals surface area contributed by atoms with Crippen LogP contribution in [0.5, 0.6) is 5.75 Å². The fraction of sp³-hybridized carbons (Fsp3) is 0.333. The van der Waals surface area contributed by atoms with Gasteiger partial charge in [-0.05, 0) is 29.2 Å². The van der Waals surface area contributed by atoms with Crippen LogP contribution in [0, 0.1) is 0 Å². The molecule has 0 saturated carbocycles. The van der Waals surface area contributed by atoms with Gasteiger partial charge >= 0.3 is 0 Å². The number of rotatable bonds is 6. The Kier molecular flexibility index (Phi) is 5.19. The van der Waals surface area contributed by atoms with Gasteiger partial charge in [-0.2, -0.15) is 0 Å². The lowest BCUT2D eigenvalue weighted by atomic mass is 9.98. The van der Waals surface area contributed by atoms with Crippen LogP contribution in [0.2, 0.25) is 0 Å². The second-order valence-corrected chi connectivity index (χ2v) is 5.03. The van der Waals surface area contributed by atoms with Crippen LogP contribution in [0.25, 0.3) is 0 Å². The zero-order chi connectivity index (χ0) is 14.4.